The number of rotatable bonds is 3. The van der Waals surface area contributed by atoms with E-state index in [4.69, 9.17) is 11.2 Å². The monoisotopic (exact) mass is 293 g/mol. The molecule has 0 aromatic rings. The lowest BCUT2D eigenvalue weighted by molar-refractivity contribution is 0.00323. The van der Waals surface area contributed by atoms with Crippen LogP contribution in [-0.2, 0) is 4.74 Å². The molecule has 0 saturated carbocycles. The Bertz CT molecular complexity index is 397. The predicted molar refractivity (Wildman–Crippen MR) is 83.0 cm³/mol. The van der Waals surface area contributed by atoms with E-state index in [-0.39, 0.29) is 6.09 Å². The van der Waals surface area contributed by atoms with Gasteiger partial charge in [-0.1, -0.05) is 5.92 Å². The molecular formula is C16H27N3O2. The quantitative estimate of drug-likeness (QED) is 0.797. The highest BCUT2D eigenvalue weighted by molar-refractivity contribution is 5.69. The molecule has 0 radical (unpaired) electrons. The van der Waals surface area contributed by atoms with Crippen LogP contribution in [-0.4, -0.2) is 66.3 Å². The average Bonchev–Trinajstić information content (AvgIpc) is 2.33. The molecule has 5 nitrogen and oxygen atoms in total. The molecule has 2 aliphatic heterocycles. The number of likely N-dealkylation sites (tertiary alicyclic amines) is 2. The van der Waals surface area contributed by atoms with Crippen LogP contribution in [0.3, 0.4) is 0 Å². The van der Waals surface area contributed by atoms with Crippen LogP contribution in [0.5, 0.6) is 0 Å². The van der Waals surface area contributed by atoms with Crippen molar-refractivity contribution in [3.8, 4) is 12.3 Å². The van der Waals surface area contributed by atoms with E-state index in [1.807, 2.05) is 20.8 Å². The van der Waals surface area contributed by atoms with E-state index in [2.05, 4.69) is 16.1 Å². The molecule has 2 saturated heterocycles. The van der Waals surface area contributed by atoms with E-state index in [9.17, 15) is 4.79 Å². The maximum Gasteiger partial charge on any atom is 0.410 e. The summed E-state index contributed by atoms with van der Waals surface area (Å²) in [5, 5.41) is 3.64. The lowest BCUT2D eigenvalue weighted by atomic mass is 10.0. The molecule has 2 heterocycles. The van der Waals surface area contributed by atoms with Crippen molar-refractivity contribution in [3.05, 3.63) is 0 Å². The third kappa shape index (κ3) is 4.90. The van der Waals surface area contributed by atoms with Crippen molar-refractivity contribution in [2.24, 2.45) is 0 Å². The van der Waals surface area contributed by atoms with Gasteiger partial charge in [0.05, 0.1) is 6.54 Å². The van der Waals surface area contributed by atoms with E-state index in [0.29, 0.717) is 12.1 Å². The van der Waals surface area contributed by atoms with E-state index >= 15 is 0 Å². The Hall–Kier alpha value is -1.25. The van der Waals surface area contributed by atoms with Gasteiger partial charge in [-0.2, -0.15) is 0 Å². The van der Waals surface area contributed by atoms with Gasteiger partial charge in [-0.15, -0.1) is 6.42 Å². The number of ether oxygens (including phenoxy) is 1. The summed E-state index contributed by atoms with van der Waals surface area (Å²) < 4.78 is 5.35. The fraction of sp³-hybridized carbons (Fsp3) is 0.812. The highest BCUT2D eigenvalue weighted by atomic mass is 16.6. The molecular weight excluding hydrogens is 266 g/mol. The third-order valence-corrected chi connectivity index (χ3v) is 3.91. The normalized spacial score (nSPS) is 21.7. The van der Waals surface area contributed by atoms with Crippen LogP contribution in [0.2, 0.25) is 0 Å². The van der Waals surface area contributed by atoms with Gasteiger partial charge in [0, 0.05) is 38.3 Å². The molecule has 2 rings (SSSR count). The van der Waals surface area contributed by atoms with Gasteiger partial charge in [0.25, 0.3) is 0 Å². The molecule has 0 bridgehead atoms. The first-order valence-corrected chi connectivity index (χ1v) is 7.77. The number of carbonyl (C=O) groups excluding carboxylic acids is 1. The zero-order valence-corrected chi connectivity index (χ0v) is 13.4. The molecule has 0 spiro atoms. The second kappa shape index (κ2) is 6.67. The molecule has 21 heavy (non-hydrogen) atoms. The summed E-state index contributed by atoms with van der Waals surface area (Å²) in [6, 6.07) is 0.950. The van der Waals surface area contributed by atoms with Crippen molar-refractivity contribution in [1.29, 1.82) is 0 Å². The highest BCUT2D eigenvalue weighted by Crippen LogP contribution is 2.17. The minimum atomic E-state index is -0.417. The number of nitrogens with one attached hydrogen (secondary N) is 1. The molecule has 0 aromatic carbocycles. The molecule has 5 heteroatoms. The summed E-state index contributed by atoms with van der Waals surface area (Å²) in [7, 11) is 0. The van der Waals surface area contributed by atoms with E-state index < -0.39 is 5.60 Å². The predicted octanol–water partition coefficient (Wildman–Crippen LogP) is 1.29. The van der Waals surface area contributed by atoms with Gasteiger partial charge in [0.15, 0.2) is 0 Å². The van der Waals surface area contributed by atoms with Crippen LogP contribution in [0.4, 0.5) is 4.79 Å². The average molecular weight is 293 g/mol. The second-order valence-electron chi connectivity index (χ2n) is 7.00. The fourth-order valence-corrected chi connectivity index (χ4v) is 2.78. The Kier molecular flexibility index (Phi) is 5.13. The third-order valence-electron chi connectivity index (χ3n) is 3.91. The SMILES string of the molecule is C#CCN1CCC(NC2CN(C(=O)OC(C)(C)C)C2)CC1. The summed E-state index contributed by atoms with van der Waals surface area (Å²) in [6.07, 6.45) is 7.39. The van der Waals surface area contributed by atoms with Crippen LogP contribution in [0.15, 0.2) is 0 Å². The molecule has 1 N–H and O–H groups in total. The number of hydrogen-bond donors (Lipinski definition) is 1. The fourth-order valence-electron chi connectivity index (χ4n) is 2.78. The van der Waals surface area contributed by atoms with Gasteiger partial charge in [-0.25, -0.2) is 4.79 Å². The largest absolute Gasteiger partial charge is 0.444 e. The first-order chi connectivity index (χ1) is 9.87. The summed E-state index contributed by atoms with van der Waals surface area (Å²) in [5.74, 6) is 2.70. The van der Waals surface area contributed by atoms with Crippen molar-refractivity contribution in [2.45, 2.75) is 51.3 Å². The van der Waals surface area contributed by atoms with Gasteiger partial charge in [0.1, 0.15) is 5.60 Å². The minimum Gasteiger partial charge on any atom is -0.444 e. The lowest BCUT2D eigenvalue weighted by Gasteiger charge is -2.43. The number of nitrogens with zero attached hydrogens (tertiary/aromatic N) is 2. The Morgan fingerprint density at radius 1 is 1.29 bits per heavy atom. The molecule has 1 amide bonds. The van der Waals surface area contributed by atoms with Gasteiger partial charge in [-0.3, -0.25) is 4.90 Å². The lowest BCUT2D eigenvalue weighted by Crippen LogP contribution is -2.63. The van der Waals surface area contributed by atoms with E-state index in [0.717, 1.165) is 45.6 Å². The van der Waals surface area contributed by atoms with Gasteiger partial charge in [-0.05, 0) is 33.6 Å². The van der Waals surface area contributed by atoms with Crippen molar-refractivity contribution in [1.82, 2.24) is 15.1 Å². The summed E-state index contributed by atoms with van der Waals surface area (Å²) >= 11 is 0. The molecule has 2 fully saturated rings. The van der Waals surface area contributed by atoms with E-state index in [1.165, 1.54) is 0 Å². The standard InChI is InChI=1S/C16H27N3O2/c1-5-8-18-9-6-13(7-10-18)17-14-11-19(12-14)15(20)21-16(2,3)4/h1,13-14,17H,6-12H2,2-4H3. The number of amides is 1. The maximum absolute atomic E-state index is 11.8. The van der Waals surface area contributed by atoms with Crippen molar-refractivity contribution >= 4 is 6.09 Å². The second-order valence-corrected chi connectivity index (χ2v) is 7.00. The first-order valence-electron chi connectivity index (χ1n) is 7.77. The Labute approximate surface area is 128 Å². The smallest absolute Gasteiger partial charge is 0.410 e. The minimum absolute atomic E-state index is 0.204. The molecule has 0 aliphatic carbocycles. The van der Waals surface area contributed by atoms with Crippen LogP contribution in [0.1, 0.15) is 33.6 Å². The molecule has 118 valence electrons. The number of carbonyl (C=O) groups is 1. The number of piperidine rings is 1. The molecule has 0 aromatic heterocycles. The topological polar surface area (TPSA) is 44.8 Å². The molecule has 2 aliphatic rings. The zero-order chi connectivity index (χ0) is 15.5. The number of terminal acetylenes is 1. The van der Waals surface area contributed by atoms with Crippen LogP contribution in [0, 0.1) is 12.3 Å². The molecule has 0 unspecified atom stereocenters. The van der Waals surface area contributed by atoms with E-state index in [1.54, 1.807) is 4.90 Å². The van der Waals surface area contributed by atoms with Crippen molar-refractivity contribution in [2.75, 3.05) is 32.7 Å². The highest BCUT2D eigenvalue weighted by Gasteiger charge is 2.35. The first kappa shape index (κ1) is 16.1. The summed E-state index contributed by atoms with van der Waals surface area (Å²) in [6.45, 7) is 10.1. The van der Waals surface area contributed by atoms with Crippen LogP contribution in [0.25, 0.3) is 0 Å². The van der Waals surface area contributed by atoms with Crippen molar-refractivity contribution in [3.63, 3.8) is 0 Å². The van der Waals surface area contributed by atoms with Crippen molar-refractivity contribution < 1.29 is 9.53 Å². The van der Waals surface area contributed by atoms with Gasteiger partial charge >= 0.3 is 6.09 Å². The number of hydrogen-bond acceptors (Lipinski definition) is 4. The summed E-state index contributed by atoms with van der Waals surface area (Å²) in [5.41, 5.74) is -0.417. The van der Waals surface area contributed by atoms with Crippen LogP contribution >= 0.6 is 0 Å². The Morgan fingerprint density at radius 2 is 1.90 bits per heavy atom. The summed E-state index contributed by atoms with van der Waals surface area (Å²) in [4.78, 5) is 15.9. The van der Waals surface area contributed by atoms with Crippen LogP contribution < -0.4 is 5.32 Å². The maximum atomic E-state index is 11.8. The Morgan fingerprint density at radius 3 is 2.43 bits per heavy atom. The zero-order valence-electron chi connectivity index (χ0n) is 13.4. The van der Waals surface area contributed by atoms with Gasteiger partial charge < -0.3 is 15.0 Å². The van der Waals surface area contributed by atoms with Gasteiger partial charge in [0.2, 0.25) is 0 Å². The Balaban J connectivity index is 1.63. The molecule has 0 atom stereocenters.